The van der Waals surface area contributed by atoms with Crippen LogP contribution in [-0.4, -0.2) is 28.7 Å². The first-order chi connectivity index (χ1) is 7.34. The van der Waals surface area contributed by atoms with E-state index in [1.54, 1.807) is 0 Å². The van der Waals surface area contributed by atoms with Gasteiger partial charge >= 0.3 is 95.7 Å². The van der Waals surface area contributed by atoms with Crippen LogP contribution in [0.3, 0.4) is 0 Å². The molecule has 0 unspecified atom stereocenters. The van der Waals surface area contributed by atoms with E-state index in [0.29, 0.717) is 14.6 Å². The van der Waals surface area contributed by atoms with Crippen molar-refractivity contribution in [2.24, 2.45) is 0 Å². The average Bonchev–Trinajstić information content (AvgIpc) is 2.61. The Labute approximate surface area is 95.7 Å². The normalized spacial score (nSPS) is 12.4. The second kappa shape index (κ2) is 3.65. The van der Waals surface area contributed by atoms with E-state index in [1.165, 1.54) is 6.92 Å². The summed E-state index contributed by atoms with van der Waals surface area (Å²) in [4.78, 5) is 5.99. The molecule has 6 heteroatoms. The van der Waals surface area contributed by atoms with Crippen LogP contribution < -0.4 is 3.58 Å². The fourth-order valence-electron chi connectivity index (χ4n) is 1.77. The summed E-state index contributed by atoms with van der Waals surface area (Å²) in [6, 6.07) is 0. The molecule has 2 rings (SSSR count). The molecular formula is C10H12F2N2OSn. The Morgan fingerprint density at radius 3 is 2.12 bits per heavy atom. The maximum atomic E-state index is 13.9. The van der Waals surface area contributed by atoms with Crippen LogP contribution in [0, 0.1) is 18.6 Å². The fourth-order valence-corrected chi connectivity index (χ4v) is 6.45. The fraction of sp³-hybridized carbons (Fsp3) is 0.400. The van der Waals surface area contributed by atoms with Crippen molar-refractivity contribution in [1.82, 2.24) is 10.3 Å². The van der Waals surface area contributed by atoms with Crippen molar-refractivity contribution in [1.29, 1.82) is 0 Å². The van der Waals surface area contributed by atoms with E-state index in [2.05, 4.69) is 14.9 Å². The van der Waals surface area contributed by atoms with E-state index in [0.717, 1.165) is 0 Å². The minimum absolute atomic E-state index is 0.160. The zero-order chi connectivity index (χ0) is 12.1. The first kappa shape index (κ1) is 11.8. The third kappa shape index (κ3) is 1.61. The molecule has 3 nitrogen and oxygen atoms in total. The number of aromatic nitrogens is 2. The number of hydrogen-bond acceptors (Lipinski definition) is 3. The van der Waals surface area contributed by atoms with Crippen LogP contribution in [0.5, 0.6) is 0 Å². The van der Waals surface area contributed by atoms with Crippen molar-refractivity contribution < 1.29 is 13.4 Å². The Balaban J connectivity index is 2.97. The van der Waals surface area contributed by atoms with Crippen molar-refractivity contribution in [3.63, 3.8) is 0 Å². The summed E-state index contributed by atoms with van der Waals surface area (Å²) in [5.74, 6) is -1.60. The van der Waals surface area contributed by atoms with Crippen LogP contribution in [0.4, 0.5) is 8.78 Å². The summed E-state index contributed by atoms with van der Waals surface area (Å²) in [7, 11) is 0. The molecule has 2 aromatic rings. The topological polar surface area (TPSA) is 38.9 Å². The van der Waals surface area contributed by atoms with E-state index in [1.807, 2.05) is 14.8 Å². The Morgan fingerprint density at radius 2 is 1.56 bits per heavy atom. The van der Waals surface area contributed by atoms with Gasteiger partial charge in [-0.1, -0.05) is 0 Å². The van der Waals surface area contributed by atoms with Crippen LogP contribution in [-0.2, 0) is 0 Å². The van der Waals surface area contributed by atoms with Crippen LogP contribution in [0.15, 0.2) is 4.63 Å². The minimum atomic E-state index is -2.79. The molecule has 0 amide bonds. The number of fused-ring (bicyclic) bond motifs is 1. The zero-order valence-corrected chi connectivity index (χ0v) is 12.4. The van der Waals surface area contributed by atoms with Crippen molar-refractivity contribution in [2.45, 2.75) is 21.7 Å². The Bertz CT molecular complexity index is 560. The summed E-state index contributed by atoms with van der Waals surface area (Å²) in [6.45, 7) is 1.48. The molecule has 16 heavy (non-hydrogen) atoms. The van der Waals surface area contributed by atoms with Gasteiger partial charge in [-0.15, -0.1) is 0 Å². The number of benzene rings is 1. The molecule has 0 bridgehead atoms. The first-order valence-electron chi connectivity index (χ1n) is 4.94. The maximum absolute atomic E-state index is 13.9. The molecular weight excluding hydrogens is 321 g/mol. The Morgan fingerprint density at radius 1 is 1.00 bits per heavy atom. The average molecular weight is 333 g/mol. The third-order valence-electron chi connectivity index (χ3n) is 2.57. The van der Waals surface area contributed by atoms with E-state index < -0.39 is 30.0 Å². The van der Waals surface area contributed by atoms with Gasteiger partial charge in [-0.2, -0.15) is 0 Å². The number of aryl methyl sites for hydroxylation is 1. The van der Waals surface area contributed by atoms with Gasteiger partial charge in [0.15, 0.2) is 0 Å². The molecule has 0 spiro atoms. The number of hydrogen-bond donors (Lipinski definition) is 0. The van der Waals surface area contributed by atoms with Gasteiger partial charge in [0.05, 0.1) is 0 Å². The molecule has 1 aromatic heterocycles. The molecule has 0 N–H and O–H groups in total. The number of rotatable bonds is 1. The van der Waals surface area contributed by atoms with Gasteiger partial charge in [0.25, 0.3) is 0 Å². The van der Waals surface area contributed by atoms with Crippen molar-refractivity contribution in [3.8, 4) is 0 Å². The molecule has 0 saturated heterocycles. The second-order valence-electron chi connectivity index (χ2n) is 4.84. The molecule has 0 atom stereocenters. The van der Waals surface area contributed by atoms with Gasteiger partial charge < -0.3 is 0 Å². The van der Waals surface area contributed by atoms with E-state index in [-0.39, 0.29) is 5.56 Å². The summed E-state index contributed by atoms with van der Waals surface area (Å²) >= 11 is -2.79. The quantitative estimate of drug-likeness (QED) is 0.752. The van der Waals surface area contributed by atoms with Gasteiger partial charge in [-0.3, -0.25) is 0 Å². The molecule has 86 valence electrons. The molecule has 0 fully saturated rings. The molecule has 0 aliphatic rings. The van der Waals surface area contributed by atoms with Gasteiger partial charge in [-0.05, 0) is 0 Å². The van der Waals surface area contributed by atoms with Crippen molar-refractivity contribution in [2.75, 3.05) is 0 Å². The second-order valence-corrected chi connectivity index (χ2v) is 19.1. The molecule has 0 saturated carbocycles. The number of nitrogens with zero attached hydrogens (tertiary/aromatic N) is 2. The van der Waals surface area contributed by atoms with Crippen LogP contribution in [0.2, 0.25) is 14.8 Å². The zero-order valence-electron chi connectivity index (χ0n) is 9.56. The SMILES string of the molecule is Cc1c(F)c(F)[c]([Sn]([CH3])([CH3])[CH3])c2nonc12. The van der Waals surface area contributed by atoms with Crippen molar-refractivity contribution >= 4 is 33.0 Å². The number of halogens is 2. The Hall–Kier alpha value is -0.721. The van der Waals surface area contributed by atoms with Gasteiger partial charge in [-0.25, -0.2) is 0 Å². The molecule has 0 radical (unpaired) electrons. The molecule has 1 heterocycles. The van der Waals surface area contributed by atoms with Crippen LogP contribution in [0.1, 0.15) is 5.56 Å². The monoisotopic (exact) mass is 334 g/mol. The van der Waals surface area contributed by atoms with Gasteiger partial charge in [0.2, 0.25) is 0 Å². The summed E-state index contributed by atoms with van der Waals surface area (Å²) < 4.78 is 32.6. The van der Waals surface area contributed by atoms with Gasteiger partial charge in [0, 0.05) is 0 Å². The molecule has 1 aromatic carbocycles. The first-order valence-corrected chi connectivity index (χ1v) is 14.9. The molecule has 0 aliphatic heterocycles. The van der Waals surface area contributed by atoms with Gasteiger partial charge in [0.1, 0.15) is 0 Å². The van der Waals surface area contributed by atoms with Crippen molar-refractivity contribution in [3.05, 3.63) is 17.2 Å². The van der Waals surface area contributed by atoms with Crippen LogP contribution in [0.25, 0.3) is 11.0 Å². The standard InChI is InChI=1S/C7H3F2N2O.3CH3.Sn/c1-3-6(9)4(8)2-5-7(3)11-12-10-5;;;;/h1H3;3*1H3;. The molecule has 0 aliphatic carbocycles. The summed E-state index contributed by atoms with van der Waals surface area (Å²) in [5.41, 5.74) is 0.883. The van der Waals surface area contributed by atoms with E-state index >= 15 is 0 Å². The predicted molar refractivity (Wildman–Crippen MR) is 59.4 cm³/mol. The van der Waals surface area contributed by atoms with E-state index in [4.69, 9.17) is 0 Å². The van der Waals surface area contributed by atoms with E-state index in [9.17, 15) is 8.78 Å². The predicted octanol–water partition coefficient (Wildman–Crippen LogP) is 2.35. The third-order valence-corrected chi connectivity index (χ3v) is 8.16. The summed E-state index contributed by atoms with van der Waals surface area (Å²) in [5, 5.41) is 7.34. The van der Waals surface area contributed by atoms with Crippen LogP contribution >= 0.6 is 0 Å². The summed E-state index contributed by atoms with van der Waals surface area (Å²) in [6.07, 6.45) is 0. The Kier molecular flexibility index (Phi) is 2.68.